The van der Waals surface area contributed by atoms with E-state index in [2.05, 4.69) is 43.3 Å². The Hall–Kier alpha value is -1.06. The van der Waals surface area contributed by atoms with Crippen molar-refractivity contribution in [3.8, 4) is 0 Å². The SMILES string of the molecule is C=CCN(C(=O)C1N([C@@H](CO)C(C)C)C(=O)[C@@H]2[C@H](C(=O)O)[C@H]3SC12CC3Br)C(C)(C)CC(C)(C)C. The topological polar surface area (TPSA) is 98.2 Å². The van der Waals surface area contributed by atoms with E-state index >= 15 is 0 Å². The van der Waals surface area contributed by atoms with Crippen molar-refractivity contribution < 1.29 is 24.6 Å². The molecule has 3 aliphatic heterocycles. The summed E-state index contributed by atoms with van der Waals surface area (Å²) < 4.78 is -0.852. The van der Waals surface area contributed by atoms with Crippen LogP contribution in [0.1, 0.15) is 61.3 Å². The minimum absolute atomic E-state index is 0.0450. The van der Waals surface area contributed by atoms with Crippen molar-refractivity contribution in [2.75, 3.05) is 13.2 Å². The van der Waals surface area contributed by atoms with Gasteiger partial charge in [0.25, 0.3) is 0 Å². The number of fused-ring (bicyclic) bond motifs is 1. The van der Waals surface area contributed by atoms with Crippen LogP contribution in [0.25, 0.3) is 0 Å². The zero-order valence-corrected chi connectivity index (χ0v) is 24.4. The highest BCUT2D eigenvalue weighted by Gasteiger charge is 2.76. The molecule has 0 aromatic carbocycles. The fraction of sp³-hybridized carbons (Fsp3) is 0.808. The molecule has 1 spiro atoms. The van der Waals surface area contributed by atoms with Crippen LogP contribution in [-0.2, 0) is 14.4 Å². The van der Waals surface area contributed by atoms with E-state index in [4.69, 9.17) is 0 Å². The number of aliphatic hydroxyl groups is 1. The first kappa shape index (κ1) is 28.5. The van der Waals surface area contributed by atoms with Gasteiger partial charge in [-0.2, -0.15) is 0 Å². The summed E-state index contributed by atoms with van der Waals surface area (Å²) in [6, 6.07) is -1.42. The summed E-state index contributed by atoms with van der Waals surface area (Å²) in [7, 11) is 0. The average molecular weight is 574 g/mol. The number of carbonyl (C=O) groups excluding carboxylic acids is 2. The largest absolute Gasteiger partial charge is 0.481 e. The number of amides is 2. The third kappa shape index (κ3) is 4.70. The molecule has 35 heavy (non-hydrogen) atoms. The lowest BCUT2D eigenvalue weighted by Crippen LogP contribution is -2.62. The Balaban J connectivity index is 2.18. The van der Waals surface area contributed by atoms with Crippen LogP contribution in [-0.4, -0.2) is 83.4 Å². The minimum atomic E-state index is -0.999. The molecule has 2 amide bonds. The predicted molar refractivity (Wildman–Crippen MR) is 142 cm³/mol. The number of aliphatic carboxylic acids is 1. The van der Waals surface area contributed by atoms with Crippen LogP contribution in [0.2, 0.25) is 0 Å². The molecule has 3 fully saturated rings. The normalized spacial score (nSPS) is 33.3. The Morgan fingerprint density at radius 2 is 1.91 bits per heavy atom. The number of thioether (sulfide) groups is 1. The van der Waals surface area contributed by atoms with Crippen molar-refractivity contribution >= 4 is 45.5 Å². The van der Waals surface area contributed by atoms with Crippen molar-refractivity contribution in [3.05, 3.63) is 12.7 Å². The number of halogens is 1. The number of alkyl halides is 1. The molecule has 7 nitrogen and oxygen atoms in total. The average Bonchev–Trinajstić information content (AvgIpc) is 3.28. The molecule has 2 N–H and O–H groups in total. The van der Waals surface area contributed by atoms with Gasteiger partial charge in [0, 0.05) is 22.2 Å². The Bertz CT molecular complexity index is 887. The Labute approximate surface area is 222 Å². The van der Waals surface area contributed by atoms with E-state index in [1.807, 2.05) is 32.6 Å². The Morgan fingerprint density at radius 1 is 1.31 bits per heavy atom. The van der Waals surface area contributed by atoms with Crippen LogP contribution in [0.15, 0.2) is 12.7 Å². The number of rotatable bonds is 9. The van der Waals surface area contributed by atoms with E-state index in [-0.39, 0.29) is 39.8 Å². The van der Waals surface area contributed by atoms with Crippen LogP contribution in [0.5, 0.6) is 0 Å². The van der Waals surface area contributed by atoms with Gasteiger partial charge in [-0.3, -0.25) is 14.4 Å². The zero-order chi connectivity index (χ0) is 26.7. The van der Waals surface area contributed by atoms with Gasteiger partial charge in [0.15, 0.2) is 0 Å². The molecule has 2 bridgehead atoms. The maximum Gasteiger partial charge on any atom is 0.308 e. The zero-order valence-electron chi connectivity index (χ0n) is 22.0. The molecule has 0 aromatic heterocycles. The Morgan fingerprint density at radius 3 is 2.37 bits per heavy atom. The third-order valence-corrected chi connectivity index (χ3v) is 11.1. The first-order valence-electron chi connectivity index (χ1n) is 12.4. The fourth-order valence-electron chi connectivity index (χ4n) is 6.91. The number of nitrogens with zero attached hydrogens (tertiary/aromatic N) is 2. The van der Waals surface area contributed by atoms with E-state index in [1.54, 1.807) is 11.0 Å². The lowest BCUT2D eigenvalue weighted by atomic mass is 9.70. The van der Waals surface area contributed by atoms with Crippen LogP contribution >= 0.6 is 27.7 Å². The molecule has 3 heterocycles. The molecule has 3 rings (SSSR count). The summed E-state index contributed by atoms with van der Waals surface area (Å²) in [5.74, 6) is -3.26. The van der Waals surface area contributed by atoms with Gasteiger partial charge in [-0.05, 0) is 38.0 Å². The van der Waals surface area contributed by atoms with Gasteiger partial charge in [0.2, 0.25) is 11.8 Å². The summed E-state index contributed by atoms with van der Waals surface area (Å²) in [6.07, 6.45) is 2.98. The molecule has 9 heteroatoms. The third-order valence-electron chi connectivity index (χ3n) is 7.83. The van der Waals surface area contributed by atoms with Crippen molar-refractivity contribution in [1.29, 1.82) is 0 Å². The summed E-state index contributed by atoms with van der Waals surface area (Å²) in [4.78, 5) is 44.2. The van der Waals surface area contributed by atoms with Crippen molar-refractivity contribution in [2.45, 2.75) is 93.8 Å². The van der Waals surface area contributed by atoms with Gasteiger partial charge in [0.1, 0.15) is 6.04 Å². The molecule has 3 aliphatic rings. The number of likely N-dealkylation sites (tertiary alicyclic amines) is 1. The van der Waals surface area contributed by atoms with Gasteiger partial charge in [-0.1, -0.05) is 56.6 Å². The van der Waals surface area contributed by atoms with E-state index < -0.39 is 40.2 Å². The van der Waals surface area contributed by atoms with E-state index in [9.17, 15) is 24.6 Å². The number of carboxylic acids is 1. The van der Waals surface area contributed by atoms with E-state index in [0.717, 1.165) is 6.42 Å². The molecule has 3 unspecified atom stereocenters. The first-order valence-corrected chi connectivity index (χ1v) is 14.2. The van der Waals surface area contributed by atoms with Crippen molar-refractivity contribution in [2.24, 2.45) is 23.2 Å². The van der Waals surface area contributed by atoms with Gasteiger partial charge in [-0.25, -0.2) is 0 Å². The minimum Gasteiger partial charge on any atom is -0.481 e. The fourth-order valence-corrected chi connectivity index (χ4v) is 10.5. The van der Waals surface area contributed by atoms with Gasteiger partial charge in [-0.15, -0.1) is 18.3 Å². The molecular weight excluding hydrogens is 532 g/mol. The van der Waals surface area contributed by atoms with Crippen molar-refractivity contribution in [3.63, 3.8) is 0 Å². The second-order valence-corrected chi connectivity index (χ2v) is 15.2. The summed E-state index contributed by atoms with van der Waals surface area (Å²) in [6.45, 7) is 18.2. The highest BCUT2D eigenvalue weighted by molar-refractivity contribution is 9.09. The highest BCUT2D eigenvalue weighted by Crippen LogP contribution is 2.68. The molecule has 0 aliphatic carbocycles. The number of aliphatic hydroxyl groups excluding tert-OH is 1. The monoisotopic (exact) mass is 572 g/mol. The van der Waals surface area contributed by atoms with Gasteiger partial charge >= 0.3 is 5.97 Å². The Kier molecular flexibility index (Phi) is 7.88. The quantitative estimate of drug-likeness (QED) is 0.322. The molecule has 0 radical (unpaired) electrons. The summed E-state index contributed by atoms with van der Waals surface area (Å²) in [5.41, 5.74) is -0.572. The number of carboxylic acid groups (broad SMARTS) is 1. The van der Waals surface area contributed by atoms with Gasteiger partial charge < -0.3 is 20.0 Å². The van der Waals surface area contributed by atoms with Gasteiger partial charge in [0.05, 0.1) is 29.2 Å². The summed E-state index contributed by atoms with van der Waals surface area (Å²) in [5, 5.41) is 20.2. The van der Waals surface area contributed by atoms with Crippen LogP contribution in [0.4, 0.5) is 0 Å². The van der Waals surface area contributed by atoms with Crippen LogP contribution in [0.3, 0.4) is 0 Å². The smallest absolute Gasteiger partial charge is 0.308 e. The lowest BCUT2D eigenvalue weighted by Gasteiger charge is -2.47. The van der Waals surface area contributed by atoms with E-state index in [1.165, 1.54) is 11.8 Å². The standard InChI is InChI=1S/C26H41BrN2O5S/c1-9-10-28(25(7,8)13-24(4,5)6)22(32)20-26-11-15(27)19(35-26)17(23(33)34)18(26)21(31)29(20)16(12-30)14(2)3/h9,14-20,30H,1,10-13H2,2-8H3,(H,33,34)/t15?,16-,17-,18-,19-,20?,26?/m0/s1. The number of carbonyl (C=O) groups is 3. The molecule has 0 aromatic rings. The summed E-state index contributed by atoms with van der Waals surface area (Å²) >= 11 is 5.17. The maximum absolute atomic E-state index is 14.6. The van der Waals surface area contributed by atoms with Crippen LogP contribution < -0.4 is 0 Å². The second kappa shape index (κ2) is 9.67. The molecule has 7 atom stereocenters. The highest BCUT2D eigenvalue weighted by atomic mass is 79.9. The molecule has 3 saturated heterocycles. The predicted octanol–water partition coefficient (Wildman–Crippen LogP) is 3.78. The molecule has 198 valence electrons. The van der Waals surface area contributed by atoms with E-state index in [0.29, 0.717) is 13.0 Å². The van der Waals surface area contributed by atoms with Crippen molar-refractivity contribution in [1.82, 2.24) is 9.80 Å². The van der Waals surface area contributed by atoms with Crippen LogP contribution in [0, 0.1) is 23.2 Å². The maximum atomic E-state index is 14.6. The number of hydrogen-bond donors (Lipinski definition) is 2. The number of hydrogen-bond acceptors (Lipinski definition) is 5. The molecule has 0 saturated carbocycles. The first-order chi connectivity index (χ1) is 16.0. The lowest BCUT2D eigenvalue weighted by molar-refractivity contribution is -0.151. The molecular formula is C26H41BrN2O5S. The second-order valence-electron chi connectivity index (χ2n) is 12.5.